The fourth-order valence-electron chi connectivity index (χ4n) is 5.36. The second-order valence-electron chi connectivity index (χ2n) is 14.7. The van der Waals surface area contributed by atoms with Gasteiger partial charge in [0.25, 0.3) is 0 Å². The lowest BCUT2D eigenvalue weighted by molar-refractivity contribution is -0.870. The summed E-state index contributed by atoms with van der Waals surface area (Å²) < 4.78 is 34.1. The number of esters is 2. The molecule has 0 fully saturated rings. The molecule has 0 rings (SSSR count). The number of rotatable bonds is 36. The van der Waals surface area contributed by atoms with Crippen LogP contribution in [0.3, 0.4) is 0 Å². The summed E-state index contributed by atoms with van der Waals surface area (Å²) in [5, 5.41) is 0. The van der Waals surface area contributed by atoms with E-state index in [1.807, 2.05) is 21.1 Å². The number of likely N-dealkylation sites (N-methyl/N-ethyl adjacent to an activating group) is 1. The third kappa shape index (κ3) is 36.3. The van der Waals surface area contributed by atoms with Gasteiger partial charge in [-0.05, 0) is 38.5 Å². The maximum absolute atomic E-state index is 12.6. The van der Waals surface area contributed by atoms with Crippen molar-refractivity contribution in [3.63, 3.8) is 0 Å². The highest BCUT2D eigenvalue weighted by atomic mass is 31.2. The van der Waals surface area contributed by atoms with Crippen molar-refractivity contribution in [1.29, 1.82) is 0 Å². The van der Waals surface area contributed by atoms with Crippen LogP contribution in [0.5, 0.6) is 0 Å². The van der Waals surface area contributed by atoms with Crippen LogP contribution in [0.4, 0.5) is 0 Å². The second-order valence-corrected chi connectivity index (χ2v) is 16.1. The monoisotopic (exact) mass is 719 g/mol. The van der Waals surface area contributed by atoms with Crippen LogP contribution in [0.2, 0.25) is 0 Å². The number of carbonyl (C=O) groups excluding carboxylic acids is 2. The molecule has 1 N–H and O–H groups in total. The summed E-state index contributed by atoms with van der Waals surface area (Å²) in [4.78, 5) is 35.1. The number of hydrogen-bond donors (Lipinski definition) is 1. The molecule has 10 heteroatoms. The minimum absolute atomic E-state index is 0.0322. The molecule has 0 bridgehead atoms. The first-order chi connectivity index (χ1) is 23.5. The molecule has 0 saturated heterocycles. The zero-order valence-electron chi connectivity index (χ0n) is 32.4. The average molecular weight is 719 g/mol. The first kappa shape index (κ1) is 47.8. The summed E-state index contributed by atoms with van der Waals surface area (Å²) in [7, 11) is 1.47. The summed E-state index contributed by atoms with van der Waals surface area (Å²) in [6.07, 6.45) is 31.2. The lowest BCUT2D eigenvalue weighted by atomic mass is 10.1. The van der Waals surface area contributed by atoms with Crippen molar-refractivity contribution in [2.24, 2.45) is 0 Å². The van der Waals surface area contributed by atoms with Gasteiger partial charge < -0.3 is 18.9 Å². The van der Waals surface area contributed by atoms with Gasteiger partial charge in [0.1, 0.15) is 19.8 Å². The average Bonchev–Trinajstić information content (AvgIpc) is 3.04. The molecule has 0 aromatic heterocycles. The molecular weight excluding hydrogens is 641 g/mol. The maximum Gasteiger partial charge on any atom is 0.472 e. The molecule has 0 radical (unpaired) electrons. The zero-order chi connectivity index (χ0) is 36.5. The molecule has 1 unspecified atom stereocenters. The van der Waals surface area contributed by atoms with E-state index in [0.29, 0.717) is 17.4 Å². The van der Waals surface area contributed by atoms with Gasteiger partial charge in [-0.25, -0.2) is 4.57 Å². The fourth-order valence-corrected chi connectivity index (χ4v) is 6.10. The van der Waals surface area contributed by atoms with E-state index in [-0.39, 0.29) is 32.0 Å². The highest BCUT2D eigenvalue weighted by Gasteiger charge is 2.27. The van der Waals surface area contributed by atoms with E-state index in [2.05, 4.69) is 26.0 Å². The third-order valence-electron chi connectivity index (χ3n) is 8.55. The fraction of sp³-hybridized carbons (Fsp3) is 0.897. The van der Waals surface area contributed by atoms with Crippen molar-refractivity contribution >= 4 is 19.8 Å². The van der Waals surface area contributed by atoms with Gasteiger partial charge in [0, 0.05) is 12.8 Å². The molecule has 0 aliphatic heterocycles. The van der Waals surface area contributed by atoms with Crippen LogP contribution >= 0.6 is 7.82 Å². The van der Waals surface area contributed by atoms with Crippen molar-refractivity contribution in [3.8, 4) is 0 Å². The Labute approximate surface area is 301 Å². The number of phosphoric ester groups is 1. The number of unbranched alkanes of at least 4 members (excludes halogenated alkanes) is 20. The van der Waals surface area contributed by atoms with Crippen molar-refractivity contribution in [1.82, 2.24) is 0 Å². The number of carbonyl (C=O) groups is 2. The van der Waals surface area contributed by atoms with Gasteiger partial charge >= 0.3 is 19.8 Å². The Bertz CT molecular complexity index is 860. The standard InChI is InChI=1S/C39H76NO8P/c1-6-8-10-12-14-16-18-19-20-21-22-24-25-27-29-31-38(41)45-35-37(36-47-49(43,44)46-34-33-40(3,4)5)48-39(42)32-30-28-26-23-17-15-13-11-9-7-2/h21-22,37H,6-20,23-36H2,1-5H3/p+1/b22-21+/t37-/m0/s1. The Hall–Kier alpha value is -1.25. The minimum atomic E-state index is -4.36. The molecule has 0 amide bonds. The van der Waals surface area contributed by atoms with Crippen LogP contribution in [0.25, 0.3) is 0 Å². The van der Waals surface area contributed by atoms with Gasteiger partial charge in [0.05, 0.1) is 27.7 Å². The number of quaternary nitrogens is 1. The lowest BCUT2D eigenvalue weighted by Crippen LogP contribution is -2.37. The van der Waals surface area contributed by atoms with Crippen LogP contribution in [-0.4, -0.2) is 74.9 Å². The highest BCUT2D eigenvalue weighted by Crippen LogP contribution is 2.43. The molecule has 2 atom stereocenters. The molecule has 290 valence electrons. The van der Waals surface area contributed by atoms with E-state index in [1.54, 1.807) is 0 Å². The molecule has 0 aromatic rings. The van der Waals surface area contributed by atoms with E-state index in [0.717, 1.165) is 44.9 Å². The minimum Gasteiger partial charge on any atom is -0.462 e. The Morgan fingerprint density at radius 2 is 1.04 bits per heavy atom. The predicted octanol–water partition coefficient (Wildman–Crippen LogP) is 10.6. The molecular formula is C39H77NO8P+. The third-order valence-corrected chi connectivity index (χ3v) is 9.53. The van der Waals surface area contributed by atoms with Crippen molar-refractivity contribution < 1.29 is 42.1 Å². The zero-order valence-corrected chi connectivity index (χ0v) is 33.3. The van der Waals surface area contributed by atoms with Gasteiger partial charge in [0.2, 0.25) is 0 Å². The molecule has 49 heavy (non-hydrogen) atoms. The molecule has 0 spiro atoms. The molecule has 0 aliphatic carbocycles. The maximum atomic E-state index is 12.6. The van der Waals surface area contributed by atoms with E-state index in [9.17, 15) is 19.0 Å². The topological polar surface area (TPSA) is 108 Å². The van der Waals surface area contributed by atoms with Gasteiger partial charge in [-0.3, -0.25) is 18.6 Å². The summed E-state index contributed by atoms with van der Waals surface area (Å²) in [5.41, 5.74) is 0. The highest BCUT2D eigenvalue weighted by molar-refractivity contribution is 7.47. The Morgan fingerprint density at radius 1 is 0.612 bits per heavy atom. The Kier molecular flexibility index (Phi) is 31.8. The Morgan fingerprint density at radius 3 is 1.53 bits per heavy atom. The van der Waals surface area contributed by atoms with E-state index < -0.39 is 26.5 Å². The lowest BCUT2D eigenvalue weighted by Gasteiger charge is -2.24. The van der Waals surface area contributed by atoms with Crippen LogP contribution in [-0.2, 0) is 32.7 Å². The summed E-state index contributed by atoms with van der Waals surface area (Å²) in [6, 6.07) is 0. The van der Waals surface area contributed by atoms with Crippen LogP contribution in [0.1, 0.15) is 174 Å². The van der Waals surface area contributed by atoms with Crippen molar-refractivity contribution in [2.45, 2.75) is 180 Å². The quantitative estimate of drug-likeness (QED) is 0.0224. The second kappa shape index (κ2) is 32.6. The smallest absolute Gasteiger partial charge is 0.462 e. The van der Waals surface area contributed by atoms with E-state index >= 15 is 0 Å². The van der Waals surface area contributed by atoms with Crippen LogP contribution in [0, 0.1) is 0 Å². The Balaban J connectivity index is 4.40. The van der Waals surface area contributed by atoms with Crippen molar-refractivity contribution in [3.05, 3.63) is 12.2 Å². The molecule has 9 nitrogen and oxygen atoms in total. The van der Waals surface area contributed by atoms with E-state index in [4.69, 9.17) is 18.5 Å². The SMILES string of the molecule is CCCCCCCCCC/C=C/CCCCCC(=O)OC[C@@H](COP(=O)(O)OCC[N+](C)(C)C)OC(=O)CCCCCCCCCCCC. The summed E-state index contributed by atoms with van der Waals surface area (Å²) >= 11 is 0. The first-order valence-electron chi connectivity index (χ1n) is 19.9. The summed E-state index contributed by atoms with van der Waals surface area (Å²) in [6.45, 7) is 4.39. The van der Waals surface area contributed by atoms with Gasteiger partial charge in [0.15, 0.2) is 6.10 Å². The van der Waals surface area contributed by atoms with Crippen LogP contribution < -0.4 is 0 Å². The molecule has 0 aliphatic rings. The number of ether oxygens (including phenoxy) is 2. The molecule has 0 aromatic carbocycles. The number of nitrogens with zero attached hydrogens (tertiary/aromatic N) is 1. The number of hydrogen-bond acceptors (Lipinski definition) is 7. The number of phosphoric acid groups is 1. The van der Waals surface area contributed by atoms with Gasteiger partial charge in [-0.15, -0.1) is 0 Å². The summed E-state index contributed by atoms with van der Waals surface area (Å²) in [5.74, 6) is -0.814. The molecule has 0 saturated carbocycles. The number of allylic oxidation sites excluding steroid dienone is 2. The van der Waals surface area contributed by atoms with Crippen molar-refractivity contribution in [2.75, 3.05) is 47.5 Å². The van der Waals surface area contributed by atoms with Crippen LogP contribution in [0.15, 0.2) is 12.2 Å². The normalized spacial score (nSPS) is 13.8. The largest absolute Gasteiger partial charge is 0.472 e. The van der Waals surface area contributed by atoms with Gasteiger partial charge in [-0.1, -0.05) is 135 Å². The van der Waals surface area contributed by atoms with E-state index in [1.165, 1.54) is 96.3 Å². The first-order valence-corrected chi connectivity index (χ1v) is 21.4. The van der Waals surface area contributed by atoms with Gasteiger partial charge in [-0.2, -0.15) is 0 Å². The molecule has 0 heterocycles. The predicted molar refractivity (Wildman–Crippen MR) is 201 cm³/mol.